The fourth-order valence-corrected chi connectivity index (χ4v) is 3.18. The molecule has 0 aliphatic heterocycles. The Balaban J connectivity index is 1.78. The van der Waals surface area contributed by atoms with Gasteiger partial charge in [0.25, 0.3) is 5.91 Å². The molecule has 0 aliphatic rings. The summed E-state index contributed by atoms with van der Waals surface area (Å²) in [6, 6.07) is 17.7. The van der Waals surface area contributed by atoms with Crippen molar-refractivity contribution in [3.05, 3.63) is 70.6 Å². The molecule has 0 radical (unpaired) electrons. The molecule has 2 nitrogen and oxygen atoms in total. The van der Waals surface area contributed by atoms with Crippen LogP contribution in [0.4, 0.5) is 0 Å². The lowest BCUT2D eigenvalue weighted by Crippen LogP contribution is -2.11. The Bertz CT molecular complexity index is 602. The van der Waals surface area contributed by atoms with Gasteiger partial charge in [-0.1, -0.05) is 52.0 Å². The second-order valence-electron chi connectivity index (χ2n) is 3.76. The monoisotopic (exact) mass is 365 g/mol. The summed E-state index contributed by atoms with van der Waals surface area (Å²) in [4.78, 5) is 13.7. The summed E-state index contributed by atoms with van der Waals surface area (Å²) in [5, 5.41) is 1.78. The first kappa shape index (κ1) is 15.2. The van der Waals surface area contributed by atoms with Gasteiger partial charge in [0.1, 0.15) is 0 Å². The van der Waals surface area contributed by atoms with Crippen molar-refractivity contribution in [2.75, 3.05) is 0 Å². The molecule has 2 rings (SSSR count). The lowest BCUT2D eigenvalue weighted by atomic mass is 10.4. The number of halogens is 1. The van der Waals surface area contributed by atoms with Crippen LogP contribution in [-0.2, 0) is 4.79 Å². The third-order valence-corrected chi connectivity index (χ3v) is 4.33. The molecule has 0 aromatic heterocycles. The van der Waals surface area contributed by atoms with Gasteiger partial charge < -0.3 is 0 Å². The number of amides is 1. The smallest absolute Gasteiger partial charge is 0.254 e. The van der Waals surface area contributed by atoms with E-state index in [-0.39, 0.29) is 5.91 Å². The van der Waals surface area contributed by atoms with E-state index in [0.717, 1.165) is 14.3 Å². The maximum Gasteiger partial charge on any atom is 0.254 e. The Morgan fingerprint density at radius 3 is 2.55 bits per heavy atom. The second-order valence-corrected chi connectivity index (χ2v) is 6.53. The van der Waals surface area contributed by atoms with Gasteiger partial charge in [0.05, 0.1) is 0 Å². The van der Waals surface area contributed by atoms with Crippen LogP contribution >= 0.6 is 39.6 Å². The molecule has 0 bridgehead atoms. The van der Waals surface area contributed by atoms with E-state index in [2.05, 4.69) is 20.7 Å². The molecule has 20 heavy (non-hydrogen) atoms. The first-order valence-electron chi connectivity index (χ1n) is 5.85. The van der Waals surface area contributed by atoms with Gasteiger partial charge >= 0.3 is 0 Å². The van der Waals surface area contributed by atoms with Crippen molar-refractivity contribution in [3.63, 3.8) is 0 Å². The molecule has 0 saturated heterocycles. The van der Waals surface area contributed by atoms with Crippen molar-refractivity contribution in [2.45, 2.75) is 9.79 Å². The first-order chi connectivity index (χ1) is 9.74. The molecule has 0 spiro atoms. The molecule has 5 heteroatoms. The number of hydrogen-bond donors (Lipinski definition) is 1. The fraction of sp³-hybridized carbons (Fsp3) is 0. The summed E-state index contributed by atoms with van der Waals surface area (Å²) >= 11 is 6.23. The normalized spacial score (nSPS) is 10.7. The van der Waals surface area contributed by atoms with Gasteiger partial charge in [-0.3, -0.25) is 9.52 Å². The molecule has 0 atom stereocenters. The number of rotatable bonds is 5. The van der Waals surface area contributed by atoms with Crippen molar-refractivity contribution in [1.82, 2.24) is 4.72 Å². The maximum absolute atomic E-state index is 11.6. The topological polar surface area (TPSA) is 29.1 Å². The Morgan fingerprint density at radius 1 is 1.05 bits per heavy atom. The number of benzene rings is 2. The van der Waals surface area contributed by atoms with Gasteiger partial charge in [-0.2, -0.15) is 0 Å². The molecule has 2 aromatic carbocycles. The number of nitrogens with one attached hydrogen (secondary N) is 1. The maximum atomic E-state index is 11.6. The number of carbonyl (C=O) groups is 1. The highest BCUT2D eigenvalue weighted by atomic mass is 79.9. The summed E-state index contributed by atoms with van der Waals surface area (Å²) in [7, 11) is 0. The van der Waals surface area contributed by atoms with Crippen molar-refractivity contribution in [1.29, 1.82) is 0 Å². The zero-order chi connectivity index (χ0) is 14.2. The van der Waals surface area contributed by atoms with E-state index in [9.17, 15) is 4.79 Å². The summed E-state index contributed by atoms with van der Waals surface area (Å²) < 4.78 is 3.79. The average Bonchev–Trinajstić information content (AvgIpc) is 2.46. The van der Waals surface area contributed by atoms with E-state index < -0.39 is 0 Å². The summed E-state index contributed by atoms with van der Waals surface area (Å²) in [5.74, 6) is -0.124. The Hall–Kier alpha value is -1.17. The van der Waals surface area contributed by atoms with Crippen LogP contribution in [0.1, 0.15) is 0 Å². The lowest BCUT2D eigenvalue weighted by Gasteiger charge is -2.00. The third-order valence-electron chi connectivity index (χ3n) is 2.23. The molecule has 0 fully saturated rings. The summed E-state index contributed by atoms with van der Waals surface area (Å²) in [5.41, 5.74) is 0. The van der Waals surface area contributed by atoms with Crippen LogP contribution in [0.5, 0.6) is 0 Å². The van der Waals surface area contributed by atoms with E-state index >= 15 is 0 Å². The number of thioether (sulfide) groups is 1. The summed E-state index contributed by atoms with van der Waals surface area (Å²) in [6.45, 7) is 0. The molecular formula is C15H12BrNOS2. The van der Waals surface area contributed by atoms with Crippen molar-refractivity contribution in [3.8, 4) is 0 Å². The minimum absolute atomic E-state index is 0.124. The van der Waals surface area contributed by atoms with Crippen molar-refractivity contribution < 1.29 is 4.79 Å². The third kappa shape index (κ3) is 5.45. The zero-order valence-electron chi connectivity index (χ0n) is 10.5. The van der Waals surface area contributed by atoms with Gasteiger partial charge in [0, 0.05) is 20.3 Å². The number of hydrogen-bond acceptors (Lipinski definition) is 3. The van der Waals surface area contributed by atoms with Crippen LogP contribution in [0.25, 0.3) is 0 Å². The van der Waals surface area contributed by atoms with E-state index in [1.54, 1.807) is 5.41 Å². The molecule has 1 N–H and O–H groups in total. The highest BCUT2D eigenvalue weighted by molar-refractivity contribution is 9.10. The van der Waals surface area contributed by atoms with Gasteiger partial charge in [0.15, 0.2) is 0 Å². The van der Waals surface area contributed by atoms with Crippen LogP contribution in [0, 0.1) is 0 Å². The van der Waals surface area contributed by atoms with E-state index in [4.69, 9.17) is 0 Å². The molecule has 2 aromatic rings. The van der Waals surface area contributed by atoms with Crippen LogP contribution in [-0.4, -0.2) is 5.91 Å². The lowest BCUT2D eigenvalue weighted by molar-refractivity contribution is -0.114. The summed E-state index contributed by atoms with van der Waals surface area (Å²) in [6.07, 6.45) is 1.53. The molecular weight excluding hydrogens is 354 g/mol. The van der Waals surface area contributed by atoms with Crippen LogP contribution in [0.2, 0.25) is 0 Å². The fourth-order valence-electron chi connectivity index (χ4n) is 1.35. The highest BCUT2D eigenvalue weighted by Gasteiger charge is 1.97. The van der Waals surface area contributed by atoms with Crippen molar-refractivity contribution in [2.24, 2.45) is 0 Å². The van der Waals surface area contributed by atoms with Crippen molar-refractivity contribution >= 4 is 45.5 Å². The van der Waals surface area contributed by atoms with Crippen LogP contribution in [0.3, 0.4) is 0 Å². The predicted molar refractivity (Wildman–Crippen MR) is 89.6 cm³/mol. The Morgan fingerprint density at radius 2 is 1.80 bits per heavy atom. The molecule has 0 aliphatic carbocycles. The minimum atomic E-state index is -0.124. The molecule has 0 heterocycles. The van der Waals surface area contributed by atoms with E-state index in [0.29, 0.717) is 0 Å². The zero-order valence-corrected chi connectivity index (χ0v) is 13.7. The predicted octanol–water partition coefficient (Wildman–Crippen LogP) is 4.88. The largest absolute Gasteiger partial charge is 0.292 e. The minimum Gasteiger partial charge on any atom is -0.292 e. The molecule has 0 saturated carbocycles. The average molecular weight is 366 g/mol. The van der Waals surface area contributed by atoms with Crippen LogP contribution < -0.4 is 4.72 Å². The van der Waals surface area contributed by atoms with Gasteiger partial charge in [-0.05, 0) is 47.7 Å². The molecule has 102 valence electrons. The molecule has 1 amide bonds. The van der Waals surface area contributed by atoms with E-state index in [1.165, 1.54) is 29.8 Å². The Kier molecular flexibility index (Phi) is 6.24. The Labute approximate surface area is 135 Å². The van der Waals surface area contributed by atoms with Gasteiger partial charge in [0.2, 0.25) is 0 Å². The highest BCUT2D eigenvalue weighted by Crippen LogP contribution is 2.22. The van der Waals surface area contributed by atoms with Gasteiger partial charge in [-0.15, -0.1) is 0 Å². The van der Waals surface area contributed by atoms with E-state index in [1.807, 2.05) is 54.6 Å². The second kappa shape index (κ2) is 8.19. The standard InChI is InChI=1S/C15H12BrNOS2/c16-12-5-4-8-14(11-12)19-10-9-15(18)17-20-13-6-2-1-3-7-13/h1-11H,(H,17,18)/b10-9+. The first-order valence-corrected chi connectivity index (χ1v) is 8.33. The van der Waals surface area contributed by atoms with Crippen LogP contribution in [0.15, 0.2) is 80.3 Å². The molecule has 0 unspecified atom stereocenters. The SMILES string of the molecule is O=C(/C=C/Sc1cccc(Br)c1)NSc1ccccc1. The number of carbonyl (C=O) groups excluding carboxylic acids is 1. The quantitative estimate of drug-likeness (QED) is 0.465. The van der Waals surface area contributed by atoms with Gasteiger partial charge in [-0.25, -0.2) is 0 Å².